The van der Waals surface area contributed by atoms with Crippen molar-refractivity contribution >= 4 is 52.5 Å². The molecule has 0 aliphatic rings. The van der Waals surface area contributed by atoms with Gasteiger partial charge in [0.2, 0.25) is 0 Å². The second-order valence-corrected chi connectivity index (χ2v) is 7.26. The molecule has 3 N–H and O–H groups in total. The summed E-state index contributed by atoms with van der Waals surface area (Å²) in [4.78, 5) is 4.39. The lowest BCUT2D eigenvalue weighted by atomic mass is 10.1. The lowest BCUT2D eigenvalue weighted by molar-refractivity contribution is 0.114. The van der Waals surface area contributed by atoms with Crippen LogP contribution in [-0.2, 0) is 0 Å². The molecule has 0 saturated heterocycles. The minimum atomic E-state index is -0.644. The lowest BCUT2D eigenvalue weighted by Gasteiger charge is -2.24. The van der Waals surface area contributed by atoms with Gasteiger partial charge in [0.25, 0.3) is 0 Å². The molecule has 0 fully saturated rings. The third kappa shape index (κ3) is 11.0. The Morgan fingerprint density at radius 2 is 1.91 bits per heavy atom. The van der Waals surface area contributed by atoms with E-state index in [9.17, 15) is 5.11 Å². The first-order chi connectivity index (χ1) is 10.3. The zero-order valence-corrected chi connectivity index (χ0v) is 18.6. The zero-order chi connectivity index (χ0) is 16.6. The summed E-state index contributed by atoms with van der Waals surface area (Å²) in [6.07, 6.45) is -0.644. The molecule has 0 amide bonds. The highest BCUT2D eigenvalue weighted by Crippen LogP contribution is 2.13. The zero-order valence-electron chi connectivity index (χ0n) is 14.1. The Morgan fingerprint density at radius 3 is 2.43 bits per heavy atom. The Labute approximate surface area is 169 Å². The van der Waals surface area contributed by atoms with Crippen LogP contribution in [0.3, 0.4) is 0 Å². The van der Waals surface area contributed by atoms with Gasteiger partial charge >= 0.3 is 0 Å². The number of hydrogen-bond acceptors (Lipinski definition) is 3. The van der Waals surface area contributed by atoms with Crippen molar-refractivity contribution in [1.29, 1.82) is 0 Å². The Balaban J connectivity index is 0.00000484. The minimum absolute atomic E-state index is 0. The summed E-state index contributed by atoms with van der Waals surface area (Å²) in [6.45, 7) is 9.49. The van der Waals surface area contributed by atoms with Crippen LogP contribution < -0.4 is 15.4 Å². The van der Waals surface area contributed by atoms with Crippen molar-refractivity contribution in [2.75, 3.05) is 19.7 Å². The minimum Gasteiger partial charge on any atom is -0.491 e. The van der Waals surface area contributed by atoms with Gasteiger partial charge in [-0.15, -0.1) is 24.0 Å². The van der Waals surface area contributed by atoms with Crippen LogP contribution in [0.25, 0.3) is 0 Å². The van der Waals surface area contributed by atoms with Gasteiger partial charge in [-0.05, 0) is 74.6 Å². The molecule has 0 heterocycles. The molecule has 1 unspecified atom stereocenters. The second kappa shape index (κ2) is 11.3. The highest BCUT2D eigenvalue weighted by atomic mass is 127. The van der Waals surface area contributed by atoms with Crippen LogP contribution in [0.2, 0.25) is 0 Å². The predicted molar refractivity (Wildman–Crippen MR) is 115 cm³/mol. The molecule has 1 rings (SSSR count). The number of guanidine groups is 1. The molecule has 132 valence electrons. The quantitative estimate of drug-likeness (QED) is 0.291. The fraction of sp³-hybridized carbons (Fsp3) is 0.562. The van der Waals surface area contributed by atoms with Crippen molar-refractivity contribution in [2.45, 2.75) is 39.3 Å². The highest BCUT2D eigenvalue weighted by molar-refractivity contribution is 14.1. The van der Waals surface area contributed by atoms with Crippen LogP contribution in [0, 0.1) is 3.57 Å². The highest BCUT2D eigenvalue weighted by Gasteiger charge is 2.12. The normalized spacial score (nSPS) is 13.0. The van der Waals surface area contributed by atoms with Gasteiger partial charge in [0, 0.05) is 15.7 Å². The summed E-state index contributed by atoms with van der Waals surface area (Å²) >= 11 is 2.24. The van der Waals surface area contributed by atoms with Crippen LogP contribution >= 0.6 is 46.6 Å². The molecule has 23 heavy (non-hydrogen) atoms. The smallest absolute Gasteiger partial charge is 0.191 e. The van der Waals surface area contributed by atoms with Gasteiger partial charge in [-0.3, -0.25) is 4.99 Å². The van der Waals surface area contributed by atoms with Crippen molar-refractivity contribution in [3.63, 3.8) is 0 Å². The SMILES string of the molecule is CCNC(=NCC(O)COc1ccc(I)cc1)NC(C)(C)C.I. The number of aliphatic imine (C=N–C) groups is 1. The summed E-state index contributed by atoms with van der Waals surface area (Å²) in [5.74, 6) is 1.45. The maximum absolute atomic E-state index is 9.99. The Morgan fingerprint density at radius 1 is 1.30 bits per heavy atom. The van der Waals surface area contributed by atoms with E-state index in [1.54, 1.807) is 0 Å². The average Bonchev–Trinajstić information content (AvgIpc) is 2.43. The molecule has 7 heteroatoms. The van der Waals surface area contributed by atoms with Crippen molar-refractivity contribution in [2.24, 2.45) is 4.99 Å². The Bertz CT molecular complexity index is 473. The standard InChI is InChI=1S/C16H26IN3O2.HI/c1-5-18-15(20-16(2,3)4)19-10-13(21)11-22-14-8-6-12(17)7-9-14;/h6-9,13,21H,5,10-11H2,1-4H3,(H2,18,19,20);1H. The van der Waals surface area contributed by atoms with Gasteiger partial charge in [-0.1, -0.05) is 0 Å². The summed E-state index contributed by atoms with van der Waals surface area (Å²) in [7, 11) is 0. The molecule has 0 aliphatic carbocycles. The molecule has 1 atom stereocenters. The first-order valence-electron chi connectivity index (χ1n) is 7.43. The van der Waals surface area contributed by atoms with Crippen LogP contribution in [0.1, 0.15) is 27.7 Å². The van der Waals surface area contributed by atoms with E-state index in [4.69, 9.17) is 4.74 Å². The third-order valence-electron chi connectivity index (χ3n) is 2.55. The molecule has 0 bridgehead atoms. The topological polar surface area (TPSA) is 65.9 Å². The van der Waals surface area contributed by atoms with E-state index in [-0.39, 0.29) is 42.7 Å². The molecule has 5 nitrogen and oxygen atoms in total. The van der Waals surface area contributed by atoms with Gasteiger partial charge in [0.1, 0.15) is 18.5 Å². The van der Waals surface area contributed by atoms with E-state index in [1.807, 2.05) is 31.2 Å². The van der Waals surface area contributed by atoms with Crippen molar-refractivity contribution in [3.8, 4) is 5.75 Å². The number of benzene rings is 1. The van der Waals surface area contributed by atoms with Crippen LogP contribution in [0.4, 0.5) is 0 Å². The summed E-state index contributed by atoms with van der Waals surface area (Å²) < 4.78 is 6.70. The number of hydrogen-bond donors (Lipinski definition) is 3. The fourth-order valence-electron chi connectivity index (χ4n) is 1.63. The summed E-state index contributed by atoms with van der Waals surface area (Å²) in [5.41, 5.74) is -0.0797. The van der Waals surface area contributed by atoms with E-state index < -0.39 is 6.10 Å². The van der Waals surface area contributed by atoms with Crippen LogP contribution in [0.15, 0.2) is 29.3 Å². The van der Waals surface area contributed by atoms with E-state index in [1.165, 1.54) is 0 Å². The molecule has 0 saturated carbocycles. The third-order valence-corrected chi connectivity index (χ3v) is 3.27. The molecule has 1 aromatic carbocycles. The van der Waals surface area contributed by atoms with E-state index in [2.05, 4.69) is 59.0 Å². The molecule has 0 aliphatic heterocycles. The van der Waals surface area contributed by atoms with Crippen molar-refractivity contribution in [3.05, 3.63) is 27.8 Å². The first kappa shape index (κ1) is 22.7. The largest absolute Gasteiger partial charge is 0.491 e. The molecule has 0 radical (unpaired) electrons. The number of ether oxygens (including phenoxy) is 1. The summed E-state index contributed by atoms with van der Waals surface area (Å²) in [6, 6.07) is 7.72. The molecular formula is C16H27I2N3O2. The molecule has 1 aromatic rings. The van der Waals surface area contributed by atoms with E-state index in [0.29, 0.717) is 5.96 Å². The molecule has 0 spiro atoms. The van der Waals surface area contributed by atoms with Gasteiger partial charge < -0.3 is 20.5 Å². The van der Waals surface area contributed by atoms with E-state index >= 15 is 0 Å². The maximum Gasteiger partial charge on any atom is 0.191 e. The molecule has 0 aromatic heterocycles. The monoisotopic (exact) mass is 547 g/mol. The first-order valence-corrected chi connectivity index (χ1v) is 8.51. The predicted octanol–water partition coefficient (Wildman–Crippen LogP) is 3.00. The van der Waals surface area contributed by atoms with Gasteiger partial charge in [-0.25, -0.2) is 0 Å². The van der Waals surface area contributed by atoms with Gasteiger partial charge in [0.05, 0.1) is 6.54 Å². The Hall–Kier alpha value is -0.290. The lowest BCUT2D eigenvalue weighted by Crippen LogP contribution is -2.48. The van der Waals surface area contributed by atoms with Gasteiger partial charge in [0.15, 0.2) is 5.96 Å². The maximum atomic E-state index is 9.99. The number of halogens is 2. The second-order valence-electron chi connectivity index (χ2n) is 6.01. The van der Waals surface area contributed by atoms with E-state index in [0.717, 1.165) is 15.9 Å². The number of rotatable bonds is 6. The number of nitrogens with one attached hydrogen (secondary N) is 2. The average molecular weight is 547 g/mol. The van der Waals surface area contributed by atoms with Crippen LogP contribution in [-0.4, -0.2) is 42.4 Å². The number of aliphatic hydroxyl groups excluding tert-OH is 1. The van der Waals surface area contributed by atoms with Gasteiger partial charge in [-0.2, -0.15) is 0 Å². The molecular weight excluding hydrogens is 520 g/mol. The number of nitrogens with zero attached hydrogens (tertiary/aromatic N) is 1. The summed E-state index contributed by atoms with van der Waals surface area (Å²) in [5, 5.41) is 16.4. The fourth-order valence-corrected chi connectivity index (χ4v) is 1.99. The van der Waals surface area contributed by atoms with Crippen LogP contribution in [0.5, 0.6) is 5.75 Å². The Kier molecular flexibility index (Phi) is 11.2. The van der Waals surface area contributed by atoms with Crippen molar-refractivity contribution < 1.29 is 9.84 Å². The van der Waals surface area contributed by atoms with Crippen molar-refractivity contribution in [1.82, 2.24) is 10.6 Å². The number of aliphatic hydroxyl groups is 1.